The van der Waals surface area contributed by atoms with Crippen LogP contribution in [0.25, 0.3) is 0 Å². The van der Waals surface area contributed by atoms with E-state index in [-0.39, 0.29) is 0 Å². The van der Waals surface area contributed by atoms with Crippen molar-refractivity contribution in [3.05, 3.63) is 0 Å². The van der Waals surface area contributed by atoms with Gasteiger partial charge in [0.2, 0.25) is 0 Å². The summed E-state index contributed by atoms with van der Waals surface area (Å²) in [5.74, 6) is 1.28. The first-order valence-electron chi connectivity index (χ1n) is 6.31. The first-order valence-corrected chi connectivity index (χ1v) is 7.43. The highest BCUT2D eigenvalue weighted by Crippen LogP contribution is 2.32. The maximum atomic E-state index is 9.44. The summed E-state index contributed by atoms with van der Waals surface area (Å²) in [6.45, 7) is 11.7. The second-order valence-electron chi connectivity index (χ2n) is 6.23. The van der Waals surface area contributed by atoms with Crippen molar-refractivity contribution >= 4 is 15.9 Å². The van der Waals surface area contributed by atoms with Crippen molar-refractivity contribution in [2.75, 3.05) is 25.0 Å². The van der Waals surface area contributed by atoms with Crippen LogP contribution < -0.4 is 0 Å². The average Bonchev–Trinajstić information content (AvgIpc) is 2.53. The van der Waals surface area contributed by atoms with Crippen LogP contribution in [-0.2, 0) is 0 Å². The fraction of sp³-hybridized carbons (Fsp3) is 1.00. The van der Waals surface area contributed by atoms with E-state index in [0.717, 1.165) is 18.4 Å². The van der Waals surface area contributed by atoms with E-state index in [1.165, 1.54) is 6.42 Å². The summed E-state index contributed by atoms with van der Waals surface area (Å²) in [6, 6.07) is 0.379. The third-order valence-corrected chi connectivity index (χ3v) is 4.83. The summed E-state index contributed by atoms with van der Waals surface area (Å²) in [7, 11) is 0. The highest BCUT2D eigenvalue weighted by Gasteiger charge is 2.34. The summed E-state index contributed by atoms with van der Waals surface area (Å²) in [4.78, 5) is 2.47. The first kappa shape index (κ1) is 14.5. The summed E-state index contributed by atoms with van der Waals surface area (Å²) >= 11 is 3.63. The van der Waals surface area contributed by atoms with Gasteiger partial charge in [-0.25, -0.2) is 0 Å². The van der Waals surface area contributed by atoms with Crippen molar-refractivity contribution in [1.29, 1.82) is 0 Å². The molecule has 0 aromatic carbocycles. The Hall–Kier alpha value is 0.400. The molecule has 1 N–H and O–H groups in total. The lowest BCUT2D eigenvalue weighted by Crippen LogP contribution is -2.42. The second kappa shape index (κ2) is 5.83. The SMILES string of the molecule is CC1CCN(CC(CBr)C(C)(C)C)C1CO. The smallest absolute Gasteiger partial charge is 0.0589 e. The van der Waals surface area contributed by atoms with Gasteiger partial charge in [-0.3, -0.25) is 4.90 Å². The van der Waals surface area contributed by atoms with Gasteiger partial charge >= 0.3 is 0 Å². The van der Waals surface area contributed by atoms with Gasteiger partial charge in [-0.2, -0.15) is 0 Å². The monoisotopic (exact) mass is 291 g/mol. The molecule has 0 bridgehead atoms. The van der Waals surface area contributed by atoms with Crippen molar-refractivity contribution in [2.45, 2.75) is 40.2 Å². The Morgan fingerprint density at radius 3 is 2.50 bits per heavy atom. The maximum Gasteiger partial charge on any atom is 0.0589 e. The predicted octanol–water partition coefficient (Wildman–Crippen LogP) is 2.75. The van der Waals surface area contributed by atoms with Gasteiger partial charge in [0.05, 0.1) is 6.61 Å². The van der Waals surface area contributed by atoms with Crippen LogP contribution in [0.1, 0.15) is 34.1 Å². The summed E-state index contributed by atoms with van der Waals surface area (Å²) in [5.41, 5.74) is 0.329. The molecule has 0 amide bonds. The topological polar surface area (TPSA) is 23.5 Å². The quantitative estimate of drug-likeness (QED) is 0.805. The number of nitrogens with zero attached hydrogens (tertiary/aromatic N) is 1. The molecule has 0 aromatic heterocycles. The molecule has 1 heterocycles. The molecule has 3 heteroatoms. The van der Waals surface area contributed by atoms with Crippen LogP contribution in [0.5, 0.6) is 0 Å². The van der Waals surface area contributed by atoms with E-state index in [1.54, 1.807) is 0 Å². The van der Waals surface area contributed by atoms with Gasteiger partial charge in [0.25, 0.3) is 0 Å². The predicted molar refractivity (Wildman–Crippen MR) is 73.0 cm³/mol. The van der Waals surface area contributed by atoms with E-state index in [2.05, 4.69) is 48.5 Å². The molecule has 2 nitrogen and oxygen atoms in total. The number of hydrogen-bond acceptors (Lipinski definition) is 2. The number of likely N-dealkylation sites (tertiary alicyclic amines) is 1. The molecule has 1 fully saturated rings. The largest absolute Gasteiger partial charge is 0.395 e. The highest BCUT2D eigenvalue weighted by atomic mass is 79.9. The minimum Gasteiger partial charge on any atom is -0.395 e. The van der Waals surface area contributed by atoms with E-state index < -0.39 is 0 Å². The number of aliphatic hydroxyl groups excluding tert-OH is 1. The van der Waals surface area contributed by atoms with Crippen molar-refractivity contribution in [3.8, 4) is 0 Å². The van der Waals surface area contributed by atoms with Crippen LogP contribution in [-0.4, -0.2) is 41.1 Å². The standard InChI is InChI=1S/C13H26BrNO/c1-10-5-6-15(12(10)9-16)8-11(7-14)13(2,3)4/h10-12,16H,5-9H2,1-4H3. The zero-order chi connectivity index (χ0) is 12.3. The molecule has 1 aliphatic heterocycles. The Labute approximate surface area is 109 Å². The number of aliphatic hydroxyl groups is 1. The van der Waals surface area contributed by atoms with Crippen LogP contribution >= 0.6 is 15.9 Å². The molecule has 0 aliphatic carbocycles. The molecule has 1 rings (SSSR count). The summed E-state index contributed by atoms with van der Waals surface area (Å²) < 4.78 is 0. The number of alkyl halides is 1. The fourth-order valence-electron chi connectivity index (χ4n) is 2.45. The minimum atomic E-state index is 0.306. The number of hydrogen-bond donors (Lipinski definition) is 1. The Morgan fingerprint density at radius 2 is 2.06 bits per heavy atom. The zero-order valence-corrected chi connectivity index (χ0v) is 12.6. The normalized spacial score (nSPS) is 29.6. The first-order chi connectivity index (χ1) is 7.40. The average molecular weight is 292 g/mol. The van der Waals surface area contributed by atoms with Crippen LogP contribution in [0.3, 0.4) is 0 Å². The molecule has 1 aliphatic rings. The maximum absolute atomic E-state index is 9.44. The van der Waals surface area contributed by atoms with E-state index in [4.69, 9.17) is 0 Å². The lowest BCUT2D eigenvalue weighted by molar-refractivity contribution is 0.103. The van der Waals surface area contributed by atoms with Crippen LogP contribution in [0, 0.1) is 17.3 Å². The molecular weight excluding hydrogens is 266 g/mol. The van der Waals surface area contributed by atoms with Crippen molar-refractivity contribution in [3.63, 3.8) is 0 Å². The second-order valence-corrected chi connectivity index (χ2v) is 6.88. The van der Waals surface area contributed by atoms with Crippen LogP contribution in [0.2, 0.25) is 0 Å². The third kappa shape index (κ3) is 3.44. The van der Waals surface area contributed by atoms with Crippen molar-refractivity contribution < 1.29 is 5.11 Å². The van der Waals surface area contributed by atoms with Gasteiger partial charge in [0.15, 0.2) is 0 Å². The minimum absolute atomic E-state index is 0.306. The molecule has 3 unspecified atom stereocenters. The van der Waals surface area contributed by atoms with Gasteiger partial charge in [-0.1, -0.05) is 43.6 Å². The molecular formula is C13H26BrNO. The van der Waals surface area contributed by atoms with E-state index in [9.17, 15) is 5.11 Å². The summed E-state index contributed by atoms with van der Waals surface area (Å²) in [6.07, 6.45) is 1.23. The molecule has 0 saturated carbocycles. The molecule has 0 spiro atoms. The van der Waals surface area contributed by atoms with Crippen LogP contribution in [0.4, 0.5) is 0 Å². The molecule has 3 atom stereocenters. The fourth-order valence-corrected chi connectivity index (χ4v) is 3.62. The Morgan fingerprint density at radius 1 is 1.44 bits per heavy atom. The molecule has 16 heavy (non-hydrogen) atoms. The zero-order valence-electron chi connectivity index (χ0n) is 11.0. The van der Waals surface area contributed by atoms with Gasteiger partial charge in [-0.05, 0) is 30.2 Å². The van der Waals surface area contributed by atoms with Crippen molar-refractivity contribution in [1.82, 2.24) is 4.90 Å². The molecule has 96 valence electrons. The van der Waals surface area contributed by atoms with E-state index in [1.807, 2.05) is 0 Å². The van der Waals surface area contributed by atoms with E-state index in [0.29, 0.717) is 29.9 Å². The van der Waals surface area contributed by atoms with Crippen LogP contribution in [0.15, 0.2) is 0 Å². The van der Waals surface area contributed by atoms with Gasteiger partial charge < -0.3 is 5.11 Å². The Bertz CT molecular complexity index is 214. The lowest BCUT2D eigenvalue weighted by Gasteiger charge is -2.35. The van der Waals surface area contributed by atoms with Crippen molar-refractivity contribution in [2.24, 2.45) is 17.3 Å². The Kier molecular flexibility index (Phi) is 5.27. The molecule has 0 aromatic rings. The molecule has 1 saturated heterocycles. The van der Waals surface area contributed by atoms with Gasteiger partial charge in [0.1, 0.15) is 0 Å². The van der Waals surface area contributed by atoms with E-state index >= 15 is 0 Å². The number of rotatable bonds is 4. The van der Waals surface area contributed by atoms with Gasteiger partial charge in [0, 0.05) is 17.9 Å². The number of halogens is 1. The lowest BCUT2D eigenvalue weighted by atomic mass is 9.81. The highest BCUT2D eigenvalue weighted by molar-refractivity contribution is 9.09. The summed E-state index contributed by atoms with van der Waals surface area (Å²) in [5, 5.41) is 10.5. The van der Waals surface area contributed by atoms with Gasteiger partial charge in [-0.15, -0.1) is 0 Å². The molecule has 0 radical (unpaired) electrons. The Balaban J connectivity index is 2.59. The third-order valence-electron chi connectivity index (χ3n) is 4.05.